The maximum Gasteiger partial charge on any atom is 0.133 e. The van der Waals surface area contributed by atoms with Crippen LogP contribution in [0.5, 0.6) is 0 Å². The Labute approximate surface area is 97.9 Å². The normalized spacial score (nSPS) is 21.9. The van der Waals surface area contributed by atoms with Crippen molar-refractivity contribution in [2.45, 2.75) is 46.1 Å². The second-order valence-electron chi connectivity index (χ2n) is 5.08. The zero-order valence-electron chi connectivity index (χ0n) is 10.7. The van der Waals surface area contributed by atoms with Crippen molar-refractivity contribution in [3.05, 3.63) is 23.3 Å². The monoisotopic (exact) mass is 219 g/mol. The van der Waals surface area contributed by atoms with Crippen LogP contribution in [0.3, 0.4) is 0 Å². The molecule has 2 rings (SSSR count). The van der Waals surface area contributed by atoms with E-state index >= 15 is 0 Å². The molecule has 1 saturated heterocycles. The van der Waals surface area contributed by atoms with Crippen molar-refractivity contribution in [2.24, 2.45) is 0 Å². The number of aromatic nitrogens is 2. The Bertz CT molecular complexity index is 353. The van der Waals surface area contributed by atoms with Gasteiger partial charge in [-0.2, -0.15) is 0 Å². The molecule has 0 aliphatic carbocycles. The van der Waals surface area contributed by atoms with Crippen LogP contribution in [-0.4, -0.2) is 34.0 Å². The minimum atomic E-state index is 0.529. The Morgan fingerprint density at radius 1 is 1.25 bits per heavy atom. The third-order valence-electron chi connectivity index (χ3n) is 3.31. The topological polar surface area (TPSA) is 29.0 Å². The first-order valence-electron chi connectivity index (χ1n) is 6.12. The van der Waals surface area contributed by atoms with Crippen molar-refractivity contribution in [2.75, 3.05) is 13.1 Å². The smallest absolute Gasteiger partial charge is 0.133 e. The van der Waals surface area contributed by atoms with Gasteiger partial charge in [0.1, 0.15) is 5.82 Å². The summed E-state index contributed by atoms with van der Waals surface area (Å²) in [5.74, 6) is 1.57. The molecule has 1 atom stereocenters. The van der Waals surface area contributed by atoms with Crippen LogP contribution in [0.2, 0.25) is 0 Å². The molecule has 0 amide bonds. The Kier molecular flexibility index (Phi) is 3.24. The molecule has 16 heavy (non-hydrogen) atoms. The Morgan fingerprint density at radius 3 is 2.38 bits per heavy atom. The van der Waals surface area contributed by atoms with Gasteiger partial charge in [0, 0.05) is 29.9 Å². The van der Waals surface area contributed by atoms with Gasteiger partial charge in [-0.15, -0.1) is 0 Å². The molecule has 0 saturated carbocycles. The molecule has 0 N–H and O–H groups in total. The SMILES string of the molecule is Cc1cc(C)nc([C@H]2CCN(C(C)C)C2)n1. The highest BCUT2D eigenvalue weighted by Gasteiger charge is 2.27. The molecule has 2 heterocycles. The van der Waals surface area contributed by atoms with E-state index in [1.807, 2.05) is 19.9 Å². The van der Waals surface area contributed by atoms with Gasteiger partial charge in [0.15, 0.2) is 0 Å². The van der Waals surface area contributed by atoms with E-state index < -0.39 is 0 Å². The van der Waals surface area contributed by atoms with Gasteiger partial charge in [0.2, 0.25) is 0 Å². The van der Waals surface area contributed by atoms with E-state index in [0.29, 0.717) is 12.0 Å². The van der Waals surface area contributed by atoms with Crippen molar-refractivity contribution in [1.82, 2.24) is 14.9 Å². The van der Waals surface area contributed by atoms with E-state index in [1.54, 1.807) is 0 Å². The summed E-state index contributed by atoms with van der Waals surface area (Å²) in [5.41, 5.74) is 2.18. The summed E-state index contributed by atoms with van der Waals surface area (Å²) < 4.78 is 0. The molecule has 3 nitrogen and oxygen atoms in total. The molecule has 0 unspecified atom stereocenters. The molecule has 1 fully saturated rings. The van der Waals surface area contributed by atoms with Crippen LogP contribution in [-0.2, 0) is 0 Å². The van der Waals surface area contributed by atoms with Crippen LogP contribution in [0.4, 0.5) is 0 Å². The largest absolute Gasteiger partial charge is 0.300 e. The molecule has 88 valence electrons. The van der Waals surface area contributed by atoms with Crippen LogP contribution in [0.25, 0.3) is 0 Å². The van der Waals surface area contributed by atoms with Gasteiger partial charge in [-0.25, -0.2) is 9.97 Å². The molecule has 0 bridgehead atoms. The molecular weight excluding hydrogens is 198 g/mol. The molecule has 0 spiro atoms. The van der Waals surface area contributed by atoms with Crippen LogP contribution in [0.15, 0.2) is 6.07 Å². The van der Waals surface area contributed by atoms with E-state index in [1.165, 1.54) is 13.0 Å². The number of nitrogens with zero attached hydrogens (tertiary/aromatic N) is 3. The van der Waals surface area contributed by atoms with Gasteiger partial charge in [-0.05, 0) is 46.7 Å². The van der Waals surface area contributed by atoms with Crippen LogP contribution in [0, 0.1) is 13.8 Å². The van der Waals surface area contributed by atoms with Crippen LogP contribution >= 0.6 is 0 Å². The molecular formula is C13H21N3. The van der Waals surface area contributed by atoms with Crippen LogP contribution in [0.1, 0.15) is 43.4 Å². The molecule has 0 aromatic carbocycles. The van der Waals surface area contributed by atoms with E-state index in [2.05, 4.69) is 28.7 Å². The van der Waals surface area contributed by atoms with Gasteiger partial charge >= 0.3 is 0 Å². The number of likely N-dealkylation sites (tertiary alicyclic amines) is 1. The third kappa shape index (κ3) is 2.40. The highest BCUT2D eigenvalue weighted by molar-refractivity contribution is 5.12. The fraction of sp³-hybridized carbons (Fsp3) is 0.692. The zero-order chi connectivity index (χ0) is 11.7. The van der Waals surface area contributed by atoms with Gasteiger partial charge in [-0.1, -0.05) is 0 Å². The lowest BCUT2D eigenvalue weighted by atomic mass is 10.1. The highest BCUT2D eigenvalue weighted by atomic mass is 15.2. The standard InChI is InChI=1S/C13H21N3/c1-9(2)16-6-5-12(8-16)13-14-10(3)7-11(4)15-13/h7,9,12H,5-6,8H2,1-4H3/t12-/m0/s1. The fourth-order valence-electron chi connectivity index (χ4n) is 2.40. The van der Waals surface area contributed by atoms with Gasteiger partial charge in [0.25, 0.3) is 0 Å². The average Bonchev–Trinajstić information content (AvgIpc) is 2.64. The lowest BCUT2D eigenvalue weighted by Gasteiger charge is -2.19. The third-order valence-corrected chi connectivity index (χ3v) is 3.31. The van der Waals surface area contributed by atoms with Crippen molar-refractivity contribution in [3.8, 4) is 0 Å². The molecule has 1 aromatic heterocycles. The Hall–Kier alpha value is -0.960. The molecule has 1 aliphatic heterocycles. The maximum atomic E-state index is 4.57. The van der Waals surface area contributed by atoms with Gasteiger partial charge in [0.05, 0.1) is 0 Å². The predicted octanol–water partition coefficient (Wildman–Crippen LogP) is 2.29. The minimum absolute atomic E-state index is 0.529. The summed E-state index contributed by atoms with van der Waals surface area (Å²) >= 11 is 0. The average molecular weight is 219 g/mol. The first kappa shape index (κ1) is 11.5. The van der Waals surface area contributed by atoms with Crippen molar-refractivity contribution in [1.29, 1.82) is 0 Å². The Morgan fingerprint density at radius 2 is 1.88 bits per heavy atom. The number of aryl methyl sites for hydroxylation is 2. The number of hydrogen-bond acceptors (Lipinski definition) is 3. The molecule has 3 heteroatoms. The van der Waals surface area contributed by atoms with Gasteiger partial charge in [-0.3, -0.25) is 0 Å². The van der Waals surface area contributed by atoms with E-state index in [-0.39, 0.29) is 0 Å². The Balaban J connectivity index is 2.14. The molecule has 1 aromatic rings. The summed E-state index contributed by atoms with van der Waals surface area (Å²) in [6.45, 7) is 10.9. The van der Waals surface area contributed by atoms with Crippen LogP contribution < -0.4 is 0 Å². The summed E-state index contributed by atoms with van der Waals surface area (Å²) in [6, 6.07) is 2.68. The maximum absolute atomic E-state index is 4.57. The lowest BCUT2D eigenvalue weighted by molar-refractivity contribution is 0.272. The fourth-order valence-corrected chi connectivity index (χ4v) is 2.40. The quantitative estimate of drug-likeness (QED) is 0.764. The summed E-state index contributed by atoms with van der Waals surface area (Å²) in [4.78, 5) is 11.6. The van der Waals surface area contributed by atoms with E-state index in [9.17, 15) is 0 Å². The first-order chi connectivity index (χ1) is 7.56. The van der Waals surface area contributed by atoms with E-state index in [4.69, 9.17) is 0 Å². The second kappa shape index (κ2) is 4.50. The summed E-state index contributed by atoms with van der Waals surface area (Å²) in [5, 5.41) is 0. The molecule has 0 radical (unpaired) electrons. The molecule has 1 aliphatic rings. The predicted molar refractivity (Wildman–Crippen MR) is 65.6 cm³/mol. The summed E-state index contributed by atoms with van der Waals surface area (Å²) in [7, 11) is 0. The lowest BCUT2D eigenvalue weighted by Crippen LogP contribution is -2.28. The van der Waals surface area contributed by atoms with Crippen molar-refractivity contribution in [3.63, 3.8) is 0 Å². The number of rotatable bonds is 2. The summed E-state index contributed by atoms with van der Waals surface area (Å²) in [6.07, 6.45) is 1.20. The highest BCUT2D eigenvalue weighted by Crippen LogP contribution is 2.26. The van der Waals surface area contributed by atoms with Crippen molar-refractivity contribution < 1.29 is 0 Å². The first-order valence-corrected chi connectivity index (χ1v) is 6.12. The van der Waals surface area contributed by atoms with E-state index in [0.717, 1.165) is 23.8 Å². The van der Waals surface area contributed by atoms with Crippen molar-refractivity contribution >= 4 is 0 Å². The van der Waals surface area contributed by atoms with Gasteiger partial charge < -0.3 is 4.90 Å². The second-order valence-corrected chi connectivity index (χ2v) is 5.08. The minimum Gasteiger partial charge on any atom is -0.300 e. The zero-order valence-corrected chi connectivity index (χ0v) is 10.7. The number of hydrogen-bond donors (Lipinski definition) is 0.